The SMILES string of the molecule is COc1cc(Br)cc2cc(CNC(=O)O)oc12. The zero-order chi connectivity index (χ0) is 12.4. The number of furan rings is 1. The van der Waals surface area contributed by atoms with Gasteiger partial charge < -0.3 is 19.6 Å². The van der Waals surface area contributed by atoms with Crippen LogP contribution in [0, 0.1) is 0 Å². The van der Waals surface area contributed by atoms with Crippen LogP contribution in [0.5, 0.6) is 5.75 Å². The summed E-state index contributed by atoms with van der Waals surface area (Å²) in [6, 6.07) is 5.45. The van der Waals surface area contributed by atoms with Gasteiger partial charge in [0.1, 0.15) is 5.76 Å². The van der Waals surface area contributed by atoms with Crippen LogP contribution < -0.4 is 10.1 Å². The number of carbonyl (C=O) groups is 1. The first-order valence-electron chi connectivity index (χ1n) is 4.83. The highest BCUT2D eigenvalue weighted by Gasteiger charge is 2.10. The molecule has 2 rings (SSSR count). The van der Waals surface area contributed by atoms with E-state index in [0.29, 0.717) is 17.1 Å². The highest BCUT2D eigenvalue weighted by atomic mass is 79.9. The highest BCUT2D eigenvalue weighted by molar-refractivity contribution is 9.10. The van der Waals surface area contributed by atoms with Crippen LogP contribution in [0.3, 0.4) is 0 Å². The summed E-state index contributed by atoms with van der Waals surface area (Å²) in [6.07, 6.45) is -1.08. The van der Waals surface area contributed by atoms with Gasteiger partial charge in [-0.2, -0.15) is 0 Å². The van der Waals surface area contributed by atoms with E-state index in [2.05, 4.69) is 21.2 Å². The Morgan fingerprint density at radius 1 is 1.53 bits per heavy atom. The fraction of sp³-hybridized carbons (Fsp3) is 0.182. The van der Waals surface area contributed by atoms with Gasteiger partial charge in [-0.05, 0) is 18.2 Å². The minimum Gasteiger partial charge on any atom is -0.493 e. The molecule has 0 saturated heterocycles. The van der Waals surface area contributed by atoms with Crippen molar-refractivity contribution in [2.45, 2.75) is 6.54 Å². The summed E-state index contributed by atoms with van der Waals surface area (Å²) < 4.78 is 11.6. The first-order chi connectivity index (χ1) is 8.10. The number of hydrogen-bond donors (Lipinski definition) is 2. The zero-order valence-corrected chi connectivity index (χ0v) is 10.6. The number of carboxylic acid groups (broad SMARTS) is 1. The van der Waals surface area contributed by atoms with Crippen LogP contribution in [0.1, 0.15) is 5.76 Å². The Balaban J connectivity index is 2.39. The van der Waals surface area contributed by atoms with Crippen molar-refractivity contribution in [2.75, 3.05) is 7.11 Å². The van der Waals surface area contributed by atoms with Crippen molar-refractivity contribution in [1.29, 1.82) is 0 Å². The first-order valence-corrected chi connectivity index (χ1v) is 5.62. The monoisotopic (exact) mass is 299 g/mol. The van der Waals surface area contributed by atoms with Crippen molar-refractivity contribution < 1.29 is 19.1 Å². The standard InChI is InChI=1S/C11H10BrNO4/c1-16-9-4-7(12)2-6-3-8(17-10(6)9)5-13-11(14)15/h2-4,13H,5H2,1H3,(H,14,15). The third-order valence-electron chi connectivity index (χ3n) is 2.23. The Kier molecular flexibility index (Phi) is 3.23. The predicted molar refractivity (Wildman–Crippen MR) is 65.3 cm³/mol. The van der Waals surface area contributed by atoms with Gasteiger partial charge in [-0.1, -0.05) is 15.9 Å². The Bertz CT molecular complexity index is 564. The van der Waals surface area contributed by atoms with Crippen LogP contribution in [-0.2, 0) is 6.54 Å². The molecular formula is C11H10BrNO4. The third-order valence-corrected chi connectivity index (χ3v) is 2.69. The molecule has 1 aromatic heterocycles. The average molecular weight is 300 g/mol. The summed E-state index contributed by atoms with van der Waals surface area (Å²) in [7, 11) is 1.55. The molecule has 0 aliphatic rings. The van der Waals surface area contributed by atoms with Gasteiger partial charge in [0.15, 0.2) is 11.3 Å². The summed E-state index contributed by atoms with van der Waals surface area (Å²) in [5, 5.41) is 11.6. The fourth-order valence-electron chi connectivity index (χ4n) is 1.54. The molecule has 90 valence electrons. The van der Waals surface area contributed by atoms with E-state index in [9.17, 15) is 4.79 Å². The van der Waals surface area contributed by atoms with Crippen molar-refractivity contribution in [2.24, 2.45) is 0 Å². The molecule has 5 nitrogen and oxygen atoms in total. The summed E-state index contributed by atoms with van der Waals surface area (Å²) >= 11 is 3.36. The molecule has 0 aliphatic heterocycles. The maximum atomic E-state index is 10.4. The topological polar surface area (TPSA) is 71.7 Å². The Hall–Kier alpha value is -1.69. The molecule has 0 saturated carbocycles. The van der Waals surface area contributed by atoms with E-state index in [1.807, 2.05) is 6.07 Å². The number of rotatable bonds is 3. The van der Waals surface area contributed by atoms with Gasteiger partial charge >= 0.3 is 6.09 Å². The zero-order valence-electron chi connectivity index (χ0n) is 8.99. The van der Waals surface area contributed by atoms with Gasteiger partial charge in [-0.15, -0.1) is 0 Å². The summed E-state index contributed by atoms with van der Waals surface area (Å²) in [6.45, 7) is 0.130. The molecule has 1 amide bonds. The van der Waals surface area contributed by atoms with Crippen LogP contribution in [0.2, 0.25) is 0 Å². The van der Waals surface area contributed by atoms with E-state index < -0.39 is 6.09 Å². The second-order valence-electron chi connectivity index (χ2n) is 3.40. The van der Waals surface area contributed by atoms with E-state index in [0.717, 1.165) is 9.86 Å². The van der Waals surface area contributed by atoms with Gasteiger partial charge in [-0.25, -0.2) is 4.79 Å². The summed E-state index contributed by atoms with van der Waals surface area (Å²) in [5.41, 5.74) is 0.609. The lowest BCUT2D eigenvalue weighted by molar-refractivity contribution is 0.193. The lowest BCUT2D eigenvalue weighted by Gasteiger charge is -2.00. The quantitative estimate of drug-likeness (QED) is 0.914. The maximum Gasteiger partial charge on any atom is 0.405 e. The molecule has 2 aromatic rings. The largest absolute Gasteiger partial charge is 0.493 e. The van der Waals surface area contributed by atoms with E-state index in [1.165, 1.54) is 0 Å². The van der Waals surface area contributed by atoms with Crippen LogP contribution in [-0.4, -0.2) is 18.3 Å². The Morgan fingerprint density at radius 2 is 2.29 bits per heavy atom. The van der Waals surface area contributed by atoms with Crippen LogP contribution in [0.15, 0.2) is 27.1 Å². The van der Waals surface area contributed by atoms with Crippen molar-refractivity contribution >= 4 is 33.0 Å². The minimum absolute atomic E-state index is 0.130. The van der Waals surface area contributed by atoms with Crippen LogP contribution in [0.25, 0.3) is 11.0 Å². The average Bonchev–Trinajstić information content (AvgIpc) is 2.67. The van der Waals surface area contributed by atoms with Crippen LogP contribution in [0.4, 0.5) is 4.79 Å². The summed E-state index contributed by atoms with van der Waals surface area (Å²) in [4.78, 5) is 10.4. The molecule has 1 heterocycles. The number of methoxy groups -OCH3 is 1. The lowest BCUT2D eigenvalue weighted by Crippen LogP contribution is -2.19. The molecule has 0 atom stereocenters. The Labute approximate surface area is 105 Å². The second-order valence-corrected chi connectivity index (χ2v) is 4.31. The molecule has 2 N–H and O–H groups in total. The molecule has 0 fully saturated rings. The van der Waals surface area contributed by atoms with Crippen molar-refractivity contribution in [3.8, 4) is 5.75 Å². The van der Waals surface area contributed by atoms with Gasteiger partial charge in [0.05, 0.1) is 13.7 Å². The molecule has 0 bridgehead atoms. The van der Waals surface area contributed by atoms with E-state index >= 15 is 0 Å². The van der Waals surface area contributed by atoms with Crippen molar-refractivity contribution in [1.82, 2.24) is 5.32 Å². The van der Waals surface area contributed by atoms with E-state index in [1.54, 1.807) is 19.2 Å². The van der Waals surface area contributed by atoms with E-state index in [-0.39, 0.29) is 6.54 Å². The predicted octanol–water partition coefficient (Wildman–Crippen LogP) is 2.97. The lowest BCUT2D eigenvalue weighted by atomic mass is 10.2. The molecule has 0 aliphatic carbocycles. The number of nitrogens with one attached hydrogen (secondary N) is 1. The molecule has 0 spiro atoms. The molecule has 17 heavy (non-hydrogen) atoms. The third kappa shape index (κ3) is 2.52. The molecule has 1 aromatic carbocycles. The fourth-order valence-corrected chi connectivity index (χ4v) is 2.00. The minimum atomic E-state index is -1.08. The van der Waals surface area contributed by atoms with Gasteiger partial charge in [0.25, 0.3) is 0 Å². The second kappa shape index (κ2) is 4.67. The number of hydrogen-bond acceptors (Lipinski definition) is 3. The van der Waals surface area contributed by atoms with Gasteiger partial charge in [0, 0.05) is 9.86 Å². The Morgan fingerprint density at radius 3 is 2.94 bits per heavy atom. The maximum absolute atomic E-state index is 10.4. The molecule has 0 radical (unpaired) electrons. The first kappa shape index (κ1) is 11.8. The van der Waals surface area contributed by atoms with Crippen LogP contribution >= 0.6 is 15.9 Å². The number of fused-ring (bicyclic) bond motifs is 1. The van der Waals surface area contributed by atoms with Crippen molar-refractivity contribution in [3.63, 3.8) is 0 Å². The molecule has 6 heteroatoms. The van der Waals surface area contributed by atoms with E-state index in [4.69, 9.17) is 14.3 Å². The highest BCUT2D eigenvalue weighted by Crippen LogP contribution is 2.32. The normalized spacial score (nSPS) is 10.5. The number of amides is 1. The summed E-state index contributed by atoms with van der Waals surface area (Å²) in [5.74, 6) is 1.15. The number of benzene rings is 1. The molecular weight excluding hydrogens is 290 g/mol. The number of halogens is 1. The van der Waals surface area contributed by atoms with Gasteiger partial charge in [-0.3, -0.25) is 0 Å². The number of ether oxygens (including phenoxy) is 1. The smallest absolute Gasteiger partial charge is 0.405 e. The van der Waals surface area contributed by atoms with Crippen molar-refractivity contribution in [3.05, 3.63) is 28.4 Å². The molecule has 0 unspecified atom stereocenters. The van der Waals surface area contributed by atoms with Gasteiger partial charge in [0.2, 0.25) is 0 Å².